The standard InChI is InChI=1S/C13H18N4O/c1-9(2)17-12-6-11(16-13(18)8-14-3)5-4-10(12)7-15-17/h4-7,9,14H,8H2,1-3H3,(H,16,18). The predicted octanol–water partition coefficient (Wildman–Crippen LogP) is 1.78. The minimum Gasteiger partial charge on any atom is -0.325 e. The number of nitrogens with one attached hydrogen (secondary N) is 2. The van der Waals surface area contributed by atoms with Gasteiger partial charge in [-0.25, -0.2) is 0 Å². The molecule has 0 atom stereocenters. The molecule has 5 nitrogen and oxygen atoms in total. The first kappa shape index (κ1) is 12.6. The van der Waals surface area contributed by atoms with E-state index < -0.39 is 0 Å². The number of aromatic nitrogens is 2. The number of fused-ring (bicyclic) bond motifs is 1. The van der Waals surface area contributed by atoms with E-state index in [2.05, 4.69) is 29.6 Å². The third-order valence-electron chi connectivity index (χ3n) is 2.71. The fraction of sp³-hybridized carbons (Fsp3) is 0.385. The number of anilines is 1. The van der Waals surface area contributed by atoms with E-state index in [1.54, 1.807) is 7.05 Å². The van der Waals surface area contributed by atoms with Crippen molar-refractivity contribution in [2.24, 2.45) is 0 Å². The predicted molar refractivity (Wildman–Crippen MR) is 72.7 cm³/mol. The van der Waals surface area contributed by atoms with Gasteiger partial charge in [-0.1, -0.05) is 0 Å². The largest absolute Gasteiger partial charge is 0.325 e. The number of carbonyl (C=O) groups is 1. The molecule has 0 fully saturated rings. The van der Waals surface area contributed by atoms with Crippen molar-refractivity contribution in [3.05, 3.63) is 24.4 Å². The topological polar surface area (TPSA) is 59.0 Å². The van der Waals surface area contributed by atoms with Gasteiger partial charge in [0.2, 0.25) is 5.91 Å². The Labute approximate surface area is 106 Å². The number of likely N-dealkylation sites (N-methyl/N-ethyl adjacent to an activating group) is 1. The van der Waals surface area contributed by atoms with Gasteiger partial charge in [-0.05, 0) is 39.1 Å². The summed E-state index contributed by atoms with van der Waals surface area (Å²) in [6.45, 7) is 4.47. The Morgan fingerprint density at radius 2 is 2.22 bits per heavy atom. The summed E-state index contributed by atoms with van der Waals surface area (Å²) in [7, 11) is 1.75. The molecule has 0 spiro atoms. The molecule has 2 aromatic rings. The minimum absolute atomic E-state index is 0.0486. The van der Waals surface area contributed by atoms with Gasteiger partial charge in [-0.15, -0.1) is 0 Å². The summed E-state index contributed by atoms with van der Waals surface area (Å²) in [5, 5.41) is 11.1. The molecule has 0 unspecified atom stereocenters. The van der Waals surface area contributed by atoms with E-state index in [9.17, 15) is 4.79 Å². The quantitative estimate of drug-likeness (QED) is 0.864. The van der Waals surface area contributed by atoms with Crippen molar-refractivity contribution in [1.82, 2.24) is 15.1 Å². The Morgan fingerprint density at radius 3 is 2.89 bits per heavy atom. The number of benzene rings is 1. The number of amides is 1. The monoisotopic (exact) mass is 246 g/mol. The van der Waals surface area contributed by atoms with E-state index in [0.717, 1.165) is 16.6 Å². The van der Waals surface area contributed by atoms with Gasteiger partial charge in [0.25, 0.3) is 0 Å². The molecule has 0 radical (unpaired) electrons. The first-order valence-electron chi connectivity index (χ1n) is 6.03. The second kappa shape index (κ2) is 5.18. The molecule has 18 heavy (non-hydrogen) atoms. The first-order chi connectivity index (χ1) is 8.61. The maximum absolute atomic E-state index is 11.5. The summed E-state index contributed by atoms with van der Waals surface area (Å²) >= 11 is 0. The number of nitrogens with zero attached hydrogens (tertiary/aromatic N) is 2. The molecule has 0 aliphatic rings. The summed E-state index contributed by atoms with van der Waals surface area (Å²) in [5.74, 6) is -0.0486. The van der Waals surface area contributed by atoms with E-state index in [1.165, 1.54) is 0 Å². The molecular formula is C13H18N4O. The Hall–Kier alpha value is -1.88. The van der Waals surface area contributed by atoms with Crippen molar-refractivity contribution >= 4 is 22.5 Å². The molecule has 1 aromatic carbocycles. The van der Waals surface area contributed by atoms with Crippen molar-refractivity contribution in [3.63, 3.8) is 0 Å². The average molecular weight is 246 g/mol. The third kappa shape index (κ3) is 2.51. The lowest BCUT2D eigenvalue weighted by Crippen LogP contribution is -2.25. The minimum atomic E-state index is -0.0486. The fourth-order valence-corrected chi connectivity index (χ4v) is 1.89. The van der Waals surface area contributed by atoms with E-state index in [1.807, 2.05) is 29.1 Å². The van der Waals surface area contributed by atoms with E-state index in [4.69, 9.17) is 0 Å². The Morgan fingerprint density at radius 1 is 1.44 bits per heavy atom. The van der Waals surface area contributed by atoms with Crippen LogP contribution in [0.3, 0.4) is 0 Å². The molecule has 96 valence electrons. The van der Waals surface area contributed by atoms with Crippen molar-refractivity contribution < 1.29 is 4.79 Å². The van der Waals surface area contributed by atoms with Crippen LogP contribution in [0.5, 0.6) is 0 Å². The summed E-state index contributed by atoms with van der Waals surface area (Å²) in [4.78, 5) is 11.5. The van der Waals surface area contributed by atoms with Crippen LogP contribution in [-0.4, -0.2) is 29.3 Å². The Balaban J connectivity index is 2.30. The highest BCUT2D eigenvalue weighted by Crippen LogP contribution is 2.21. The molecule has 0 saturated carbocycles. The second-order valence-corrected chi connectivity index (χ2v) is 4.53. The summed E-state index contributed by atoms with van der Waals surface area (Å²) in [5.41, 5.74) is 1.83. The highest BCUT2D eigenvalue weighted by molar-refractivity contribution is 5.94. The van der Waals surface area contributed by atoms with Gasteiger partial charge in [0.05, 0.1) is 18.3 Å². The van der Waals surface area contributed by atoms with Gasteiger partial charge in [0, 0.05) is 17.1 Å². The van der Waals surface area contributed by atoms with Crippen molar-refractivity contribution in [1.29, 1.82) is 0 Å². The van der Waals surface area contributed by atoms with Crippen LogP contribution in [0.1, 0.15) is 19.9 Å². The summed E-state index contributed by atoms with van der Waals surface area (Å²) in [6.07, 6.45) is 1.84. The number of rotatable bonds is 4. The van der Waals surface area contributed by atoms with Crippen LogP contribution in [-0.2, 0) is 4.79 Å². The fourth-order valence-electron chi connectivity index (χ4n) is 1.89. The molecule has 2 N–H and O–H groups in total. The number of carbonyl (C=O) groups excluding carboxylic acids is 1. The van der Waals surface area contributed by atoms with Gasteiger partial charge in [-0.3, -0.25) is 9.48 Å². The van der Waals surface area contributed by atoms with E-state index in [-0.39, 0.29) is 5.91 Å². The number of hydrogen-bond acceptors (Lipinski definition) is 3. The second-order valence-electron chi connectivity index (χ2n) is 4.53. The van der Waals surface area contributed by atoms with E-state index >= 15 is 0 Å². The zero-order chi connectivity index (χ0) is 13.1. The van der Waals surface area contributed by atoms with Gasteiger partial charge in [0.1, 0.15) is 0 Å². The molecule has 1 amide bonds. The molecule has 1 aromatic heterocycles. The maximum Gasteiger partial charge on any atom is 0.238 e. The SMILES string of the molecule is CNCC(=O)Nc1ccc2cnn(C(C)C)c2c1. The summed E-state index contributed by atoms with van der Waals surface area (Å²) in [6, 6.07) is 6.11. The van der Waals surface area contributed by atoms with Crippen molar-refractivity contribution in [2.75, 3.05) is 18.9 Å². The molecule has 0 saturated heterocycles. The zero-order valence-corrected chi connectivity index (χ0v) is 10.9. The van der Waals surface area contributed by atoms with Gasteiger partial charge in [0.15, 0.2) is 0 Å². The first-order valence-corrected chi connectivity index (χ1v) is 6.03. The van der Waals surface area contributed by atoms with Crippen LogP contribution in [0, 0.1) is 0 Å². The van der Waals surface area contributed by atoms with Gasteiger partial charge >= 0.3 is 0 Å². The smallest absolute Gasteiger partial charge is 0.238 e. The highest BCUT2D eigenvalue weighted by atomic mass is 16.1. The molecule has 1 heterocycles. The maximum atomic E-state index is 11.5. The molecule has 5 heteroatoms. The summed E-state index contributed by atoms with van der Waals surface area (Å²) < 4.78 is 1.95. The number of hydrogen-bond donors (Lipinski definition) is 2. The van der Waals surface area contributed by atoms with Crippen LogP contribution in [0.15, 0.2) is 24.4 Å². The normalized spacial score (nSPS) is 11.1. The Kier molecular flexibility index (Phi) is 3.62. The molecular weight excluding hydrogens is 228 g/mol. The van der Waals surface area contributed by atoms with Crippen LogP contribution in [0.2, 0.25) is 0 Å². The van der Waals surface area contributed by atoms with Gasteiger partial charge in [-0.2, -0.15) is 5.10 Å². The van der Waals surface area contributed by atoms with Crippen LogP contribution >= 0.6 is 0 Å². The average Bonchev–Trinajstić information content (AvgIpc) is 2.72. The molecule has 0 aliphatic heterocycles. The van der Waals surface area contributed by atoms with Crippen molar-refractivity contribution in [2.45, 2.75) is 19.9 Å². The lowest BCUT2D eigenvalue weighted by Gasteiger charge is -2.09. The van der Waals surface area contributed by atoms with Crippen LogP contribution in [0.25, 0.3) is 10.9 Å². The zero-order valence-electron chi connectivity index (χ0n) is 10.9. The van der Waals surface area contributed by atoms with Gasteiger partial charge < -0.3 is 10.6 Å². The third-order valence-corrected chi connectivity index (χ3v) is 2.71. The van der Waals surface area contributed by atoms with E-state index in [0.29, 0.717) is 12.6 Å². The lowest BCUT2D eigenvalue weighted by atomic mass is 10.2. The molecule has 2 rings (SSSR count). The molecule has 0 aliphatic carbocycles. The van der Waals surface area contributed by atoms with Crippen molar-refractivity contribution in [3.8, 4) is 0 Å². The highest BCUT2D eigenvalue weighted by Gasteiger charge is 2.07. The Bertz CT molecular complexity index is 559. The van der Waals surface area contributed by atoms with Crippen LogP contribution < -0.4 is 10.6 Å². The van der Waals surface area contributed by atoms with Crippen LogP contribution in [0.4, 0.5) is 5.69 Å². The lowest BCUT2D eigenvalue weighted by molar-refractivity contribution is -0.115. The molecule has 0 bridgehead atoms.